The Hall–Kier alpha value is -1.36. The molecule has 2 N–H and O–H groups in total. The predicted octanol–water partition coefficient (Wildman–Crippen LogP) is 0.804. The van der Waals surface area contributed by atoms with Gasteiger partial charge in [0, 0.05) is 5.92 Å². The van der Waals surface area contributed by atoms with Gasteiger partial charge in [-0.05, 0) is 6.42 Å². The molecule has 0 aromatic heterocycles. The minimum Gasteiger partial charge on any atom is -0.480 e. The third kappa shape index (κ3) is 5.50. The van der Waals surface area contributed by atoms with Gasteiger partial charge in [-0.25, -0.2) is 4.79 Å². The molecule has 92 valence electrons. The van der Waals surface area contributed by atoms with Crippen LogP contribution in [0.4, 0.5) is 0 Å². The Morgan fingerprint density at radius 2 is 2.19 bits per heavy atom. The molecule has 0 saturated carbocycles. The van der Waals surface area contributed by atoms with Gasteiger partial charge in [-0.3, -0.25) is 4.79 Å². The molecule has 0 aromatic rings. The Kier molecular flexibility index (Phi) is 7.20. The Morgan fingerprint density at radius 3 is 2.62 bits per heavy atom. The molecule has 0 aliphatic heterocycles. The zero-order valence-corrected chi connectivity index (χ0v) is 9.73. The second kappa shape index (κ2) is 7.87. The molecule has 5 nitrogen and oxygen atoms in total. The van der Waals surface area contributed by atoms with E-state index in [1.165, 1.54) is 6.08 Å². The van der Waals surface area contributed by atoms with Crippen LogP contribution in [0.2, 0.25) is 0 Å². The quantitative estimate of drug-likeness (QED) is 0.477. The van der Waals surface area contributed by atoms with Crippen molar-refractivity contribution in [2.75, 3.05) is 13.2 Å². The minimum absolute atomic E-state index is 0.0521. The van der Waals surface area contributed by atoms with Crippen LogP contribution in [0, 0.1) is 5.92 Å². The number of carbonyl (C=O) groups is 2. The van der Waals surface area contributed by atoms with Gasteiger partial charge in [0.15, 0.2) is 6.04 Å². The summed E-state index contributed by atoms with van der Waals surface area (Å²) < 4.78 is 5.01. The van der Waals surface area contributed by atoms with Crippen LogP contribution >= 0.6 is 0 Å². The SMILES string of the molecule is C=CCOCC(NC(=O)C(C)CC)C(=O)O. The molecule has 0 radical (unpaired) electrons. The topological polar surface area (TPSA) is 75.6 Å². The highest BCUT2D eigenvalue weighted by Gasteiger charge is 2.22. The van der Waals surface area contributed by atoms with Crippen molar-refractivity contribution in [3.63, 3.8) is 0 Å². The number of nitrogens with one attached hydrogen (secondary N) is 1. The second-order valence-corrected chi connectivity index (χ2v) is 3.53. The fourth-order valence-corrected chi connectivity index (χ4v) is 0.943. The van der Waals surface area contributed by atoms with Crippen molar-refractivity contribution in [2.45, 2.75) is 26.3 Å². The number of carboxylic acid groups (broad SMARTS) is 1. The molecule has 0 heterocycles. The van der Waals surface area contributed by atoms with Gasteiger partial charge in [0.1, 0.15) is 0 Å². The zero-order chi connectivity index (χ0) is 12.6. The summed E-state index contributed by atoms with van der Waals surface area (Å²) >= 11 is 0. The van der Waals surface area contributed by atoms with Gasteiger partial charge in [-0.1, -0.05) is 19.9 Å². The Morgan fingerprint density at radius 1 is 1.56 bits per heavy atom. The molecule has 0 spiro atoms. The zero-order valence-electron chi connectivity index (χ0n) is 9.73. The average molecular weight is 229 g/mol. The molecule has 2 unspecified atom stereocenters. The highest BCUT2D eigenvalue weighted by atomic mass is 16.5. The fraction of sp³-hybridized carbons (Fsp3) is 0.636. The standard InChI is InChI=1S/C11H19NO4/c1-4-6-16-7-9(11(14)15)12-10(13)8(3)5-2/h4,8-9H,1,5-7H2,2-3H3,(H,12,13)(H,14,15). The van der Waals surface area contributed by atoms with Crippen molar-refractivity contribution >= 4 is 11.9 Å². The minimum atomic E-state index is -1.10. The highest BCUT2D eigenvalue weighted by Crippen LogP contribution is 2.01. The molecule has 0 aliphatic carbocycles. The first kappa shape index (κ1) is 14.6. The number of ether oxygens (including phenoxy) is 1. The van der Waals surface area contributed by atoms with Crippen molar-refractivity contribution in [2.24, 2.45) is 5.92 Å². The van der Waals surface area contributed by atoms with Crippen molar-refractivity contribution in [3.05, 3.63) is 12.7 Å². The van der Waals surface area contributed by atoms with Gasteiger partial charge in [-0.2, -0.15) is 0 Å². The molecular weight excluding hydrogens is 210 g/mol. The van der Waals surface area contributed by atoms with E-state index >= 15 is 0 Å². The van der Waals surface area contributed by atoms with Gasteiger partial charge in [0.05, 0.1) is 13.2 Å². The molecule has 1 amide bonds. The van der Waals surface area contributed by atoms with E-state index in [0.29, 0.717) is 6.42 Å². The summed E-state index contributed by atoms with van der Waals surface area (Å²) in [5, 5.41) is 11.3. The summed E-state index contributed by atoms with van der Waals surface area (Å²) in [4.78, 5) is 22.3. The van der Waals surface area contributed by atoms with Crippen molar-refractivity contribution in [1.29, 1.82) is 0 Å². The molecule has 0 aromatic carbocycles. The third-order valence-corrected chi connectivity index (χ3v) is 2.19. The number of carbonyl (C=O) groups excluding carboxylic acids is 1. The third-order valence-electron chi connectivity index (χ3n) is 2.19. The Labute approximate surface area is 95.5 Å². The van der Waals surface area contributed by atoms with Crippen molar-refractivity contribution in [1.82, 2.24) is 5.32 Å². The molecule has 0 aliphatic rings. The van der Waals surface area contributed by atoms with E-state index in [2.05, 4.69) is 11.9 Å². The largest absolute Gasteiger partial charge is 0.480 e. The maximum atomic E-state index is 11.5. The summed E-state index contributed by atoms with van der Waals surface area (Å²) in [5.41, 5.74) is 0. The molecule has 5 heteroatoms. The van der Waals surface area contributed by atoms with Crippen LogP contribution in [-0.2, 0) is 14.3 Å². The van der Waals surface area contributed by atoms with Crippen LogP contribution in [0.15, 0.2) is 12.7 Å². The predicted molar refractivity (Wildman–Crippen MR) is 60.0 cm³/mol. The van der Waals surface area contributed by atoms with Gasteiger partial charge in [0.25, 0.3) is 0 Å². The van der Waals surface area contributed by atoms with E-state index in [0.717, 1.165) is 0 Å². The summed E-state index contributed by atoms with van der Waals surface area (Å²) in [5.74, 6) is -1.56. The maximum absolute atomic E-state index is 11.5. The molecule has 2 atom stereocenters. The lowest BCUT2D eigenvalue weighted by atomic mass is 10.1. The first-order valence-electron chi connectivity index (χ1n) is 5.24. The van der Waals surface area contributed by atoms with Crippen LogP contribution in [0.3, 0.4) is 0 Å². The van der Waals surface area contributed by atoms with Crippen molar-refractivity contribution in [3.8, 4) is 0 Å². The lowest BCUT2D eigenvalue weighted by molar-refractivity contribution is -0.144. The number of hydrogen-bond donors (Lipinski definition) is 2. The van der Waals surface area contributed by atoms with Crippen LogP contribution in [0.5, 0.6) is 0 Å². The summed E-state index contributed by atoms with van der Waals surface area (Å²) in [6, 6.07) is -0.999. The van der Waals surface area contributed by atoms with Crippen LogP contribution in [-0.4, -0.2) is 36.2 Å². The Bertz CT molecular complexity index is 252. The lowest BCUT2D eigenvalue weighted by Gasteiger charge is -2.16. The normalized spacial score (nSPS) is 13.9. The van der Waals surface area contributed by atoms with Gasteiger partial charge < -0.3 is 15.2 Å². The summed E-state index contributed by atoms with van der Waals surface area (Å²) in [6.45, 7) is 7.28. The lowest BCUT2D eigenvalue weighted by Crippen LogP contribution is -2.45. The van der Waals surface area contributed by atoms with E-state index < -0.39 is 12.0 Å². The van der Waals surface area contributed by atoms with Crippen LogP contribution in [0.1, 0.15) is 20.3 Å². The average Bonchev–Trinajstić information content (AvgIpc) is 2.26. The Balaban J connectivity index is 4.17. The number of rotatable bonds is 8. The van der Waals surface area contributed by atoms with Crippen molar-refractivity contribution < 1.29 is 19.4 Å². The monoisotopic (exact) mass is 229 g/mol. The molecular formula is C11H19NO4. The van der Waals surface area contributed by atoms with E-state index in [4.69, 9.17) is 9.84 Å². The number of hydrogen-bond acceptors (Lipinski definition) is 3. The maximum Gasteiger partial charge on any atom is 0.328 e. The van der Waals surface area contributed by atoms with E-state index in [1.807, 2.05) is 6.92 Å². The fourth-order valence-electron chi connectivity index (χ4n) is 0.943. The molecule has 0 rings (SSSR count). The first-order chi connectivity index (χ1) is 7.52. The summed E-state index contributed by atoms with van der Waals surface area (Å²) in [7, 11) is 0. The van der Waals surface area contributed by atoms with Gasteiger partial charge >= 0.3 is 5.97 Å². The van der Waals surface area contributed by atoms with E-state index in [9.17, 15) is 9.59 Å². The number of carboxylic acids is 1. The van der Waals surface area contributed by atoms with Crippen LogP contribution in [0.25, 0.3) is 0 Å². The smallest absolute Gasteiger partial charge is 0.328 e. The molecule has 0 saturated heterocycles. The second-order valence-electron chi connectivity index (χ2n) is 3.53. The summed E-state index contributed by atoms with van der Waals surface area (Å²) in [6.07, 6.45) is 2.20. The van der Waals surface area contributed by atoms with Crippen LogP contribution < -0.4 is 5.32 Å². The number of amides is 1. The first-order valence-corrected chi connectivity index (χ1v) is 5.24. The molecule has 0 fully saturated rings. The molecule has 16 heavy (non-hydrogen) atoms. The highest BCUT2D eigenvalue weighted by molar-refractivity contribution is 5.84. The van der Waals surface area contributed by atoms with Gasteiger partial charge in [0.2, 0.25) is 5.91 Å². The van der Waals surface area contributed by atoms with Gasteiger partial charge in [-0.15, -0.1) is 6.58 Å². The molecule has 0 bridgehead atoms. The van der Waals surface area contributed by atoms with E-state index in [1.54, 1.807) is 6.92 Å². The number of aliphatic carboxylic acids is 1. The van der Waals surface area contributed by atoms with E-state index in [-0.39, 0.29) is 25.0 Å².